The molecular formula is C18H22ClNO. The Labute approximate surface area is 131 Å². The van der Waals surface area contributed by atoms with Crippen LogP contribution in [0.5, 0.6) is 0 Å². The Morgan fingerprint density at radius 3 is 2.71 bits per heavy atom. The molecule has 0 unspecified atom stereocenters. The Morgan fingerprint density at radius 1 is 1.29 bits per heavy atom. The van der Waals surface area contributed by atoms with E-state index in [4.69, 9.17) is 11.6 Å². The highest BCUT2D eigenvalue weighted by atomic mass is 35.5. The number of benzene rings is 1. The maximum Gasteiger partial charge on any atom is 0.160 e. The minimum Gasteiger partial charge on any atom is -0.375 e. The molecule has 3 rings (SSSR count). The second-order valence-electron chi connectivity index (χ2n) is 6.74. The lowest BCUT2D eigenvalue weighted by molar-refractivity contribution is -0.119. The number of hydrogen-bond donors (Lipinski definition) is 1. The van der Waals surface area contributed by atoms with Crippen LogP contribution in [0.1, 0.15) is 57.1 Å². The van der Waals surface area contributed by atoms with Crippen molar-refractivity contribution in [2.24, 2.45) is 5.92 Å². The Balaban J connectivity index is 1.90. The molecule has 0 spiro atoms. The minimum atomic E-state index is -0.182. The predicted molar refractivity (Wildman–Crippen MR) is 87.2 cm³/mol. The Morgan fingerprint density at radius 2 is 2.00 bits per heavy atom. The third kappa shape index (κ3) is 2.87. The van der Waals surface area contributed by atoms with E-state index in [0.29, 0.717) is 0 Å². The Hall–Kier alpha value is -1.28. The topological polar surface area (TPSA) is 29.1 Å². The standard InChI is InChI=1S/C18H22ClNO/c1-18(2)15-10-13(19)8-9-14(15)16(20-18)11-17(21)12-6-4-3-5-7-12/h8-12,20H,3-7H2,1-2H3/b16-11-. The van der Waals surface area contributed by atoms with Gasteiger partial charge < -0.3 is 5.32 Å². The Bertz CT molecular complexity index is 597. The summed E-state index contributed by atoms with van der Waals surface area (Å²) in [4.78, 5) is 12.5. The summed E-state index contributed by atoms with van der Waals surface area (Å²) in [5, 5.41) is 4.21. The second-order valence-corrected chi connectivity index (χ2v) is 7.17. The smallest absolute Gasteiger partial charge is 0.160 e. The summed E-state index contributed by atoms with van der Waals surface area (Å²) in [5.41, 5.74) is 3.03. The van der Waals surface area contributed by atoms with Gasteiger partial charge in [0.25, 0.3) is 0 Å². The van der Waals surface area contributed by atoms with Crippen LogP contribution in [0.4, 0.5) is 0 Å². The molecule has 1 aromatic carbocycles. The summed E-state index contributed by atoms with van der Waals surface area (Å²) in [6, 6.07) is 5.90. The maximum atomic E-state index is 12.5. The van der Waals surface area contributed by atoms with Crippen molar-refractivity contribution in [1.82, 2.24) is 5.32 Å². The number of carbonyl (C=O) groups excluding carboxylic acids is 1. The van der Waals surface area contributed by atoms with Crippen molar-refractivity contribution in [3.05, 3.63) is 40.4 Å². The molecule has 0 amide bonds. The minimum absolute atomic E-state index is 0.182. The molecular weight excluding hydrogens is 282 g/mol. The first-order chi connectivity index (χ1) is 9.97. The van der Waals surface area contributed by atoms with Crippen molar-refractivity contribution in [1.29, 1.82) is 0 Å². The van der Waals surface area contributed by atoms with E-state index in [1.807, 2.05) is 24.3 Å². The lowest BCUT2D eigenvalue weighted by Crippen LogP contribution is -2.29. The van der Waals surface area contributed by atoms with E-state index in [-0.39, 0.29) is 17.2 Å². The van der Waals surface area contributed by atoms with E-state index in [9.17, 15) is 4.79 Å². The van der Waals surface area contributed by atoms with Gasteiger partial charge in [0.1, 0.15) is 0 Å². The number of halogens is 1. The fourth-order valence-corrected chi connectivity index (χ4v) is 3.67. The van der Waals surface area contributed by atoms with Crippen LogP contribution >= 0.6 is 11.6 Å². The highest BCUT2D eigenvalue weighted by Gasteiger charge is 2.33. The normalized spacial score (nSPS) is 22.9. The van der Waals surface area contributed by atoms with Crippen molar-refractivity contribution in [3.63, 3.8) is 0 Å². The van der Waals surface area contributed by atoms with Gasteiger partial charge in [0.15, 0.2) is 5.78 Å². The monoisotopic (exact) mass is 303 g/mol. The first-order valence-corrected chi connectivity index (χ1v) is 8.19. The van der Waals surface area contributed by atoms with E-state index in [1.54, 1.807) is 0 Å². The van der Waals surface area contributed by atoms with Gasteiger partial charge in [-0.05, 0) is 44.4 Å². The van der Waals surface area contributed by atoms with Gasteiger partial charge in [0, 0.05) is 28.3 Å². The van der Waals surface area contributed by atoms with Crippen LogP contribution in [0.25, 0.3) is 5.70 Å². The van der Waals surface area contributed by atoms with Crippen molar-refractivity contribution in [2.75, 3.05) is 0 Å². The summed E-state index contributed by atoms with van der Waals surface area (Å²) in [7, 11) is 0. The van der Waals surface area contributed by atoms with Gasteiger partial charge in [-0.1, -0.05) is 36.9 Å². The first kappa shape index (κ1) is 14.6. The number of nitrogens with one attached hydrogen (secondary N) is 1. The molecule has 1 aliphatic carbocycles. The van der Waals surface area contributed by atoms with Gasteiger partial charge in [0.2, 0.25) is 0 Å². The Kier molecular flexibility index (Phi) is 3.83. The van der Waals surface area contributed by atoms with Gasteiger partial charge in [-0.3, -0.25) is 4.79 Å². The van der Waals surface area contributed by atoms with Gasteiger partial charge in [0.05, 0.1) is 5.54 Å². The first-order valence-electron chi connectivity index (χ1n) is 7.81. The molecule has 0 saturated heterocycles. The fourth-order valence-electron chi connectivity index (χ4n) is 3.50. The molecule has 1 saturated carbocycles. The number of rotatable bonds is 2. The van der Waals surface area contributed by atoms with E-state index >= 15 is 0 Å². The van der Waals surface area contributed by atoms with Gasteiger partial charge in [-0.2, -0.15) is 0 Å². The molecule has 0 atom stereocenters. The molecule has 0 radical (unpaired) electrons. The molecule has 3 heteroatoms. The second kappa shape index (κ2) is 5.49. The van der Waals surface area contributed by atoms with Crippen LogP contribution in [0.3, 0.4) is 0 Å². The number of hydrogen-bond acceptors (Lipinski definition) is 2. The molecule has 2 nitrogen and oxygen atoms in total. The van der Waals surface area contributed by atoms with E-state index in [1.165, 1.54) is 19.3 Å². The zero-order valence-electron chi connectivity index (χ0n) is 12.7. The van der Waals surface area contributed by atoms with Gasteiger partial charge in [-0.25, -0.2) is 0 Å². The molecule has 1 N–H and O–H groups in total. The molecule has 0 bridgehead atoms. The third-order valence-corrected chi connectivity index (χ3v) is 4.92. The van der Waals surface area contributed by atoms with Crippen LogP contribution in [0.2, 0.25) is 5.02 Å². The van der Waals surface area contributed by atoms with Gasteiger partial charge >= 0.3 is 0 Å². The van der Waals surface area contributed by atoms with Gasteiger partial charge in [-0.15, -0.1) is 0 Å². The van der Waals surface area contributed by atoms with Crippen molar-refractivity contribution in [3.8, 4) is 0 Å². The average Bonchev–Trinajstić information content (AvgIpc) is 2.70. The van der Waals surface area contributed by atoms with E-state index in [0.717, 1.165) is 34.7 Å². The lowest BCUT2D eigenvalue weighted by atomic mass is 9.86. The van der Waals surface area contributed by atoms with Crippen molar-refractivity contribution >= 4 is 23.1 Å². The highest BCUT2D eigenvalue weighted by Crippen LogP contribution is 2.38. The zero-order valence-corrected chi connectivity index (χ0v) is 13.5. The van der Waals surface area contributed by atoms with Crippen LogP contribution in [-0.2, 0) is 10.3 Å². The SMILES string of the molecule is CC1(C)N/C(=C\C(=O)C2CCCCC2)c2ccc(Cl)cc21. The zero-order chi connectivity index (χ0) is 15.0. The molecule has 112 valence electrons. The molecule has 1 aromatic rings. The largest absolute Gasteiger partial charge is 0.375 e. The van der Waals surface area contributed by atoms with Crippen LogP contribution < -0.4 is 5.32 Å². The van der Waals surface area contributed by atoms with E-state index < -0.39 is 0 Å². The number of ketones is 1. The molecule has 2 aliphatic rings. The molecule has 1 fully saturated rings. The number of fused-ring (bicyclic) bond motifs is 1. The number of carbonyl (C=O) groups is 1. The molecule has 1 aliphatic heterocycles. The number of allylic oxidation sites excluding steroid dienone is 1. The van der Waals surface area contributed by atoms with Crippen molar-refractivity contribution < 1.29 is 4.79 Å². The van der Waals surface area contributed by atoms with Crippen LogP contribution in [0, 0.1) is 5.92 Å². The average molecular weight is 304 g/mol. The molecule has 1 heterocycles. The summed E-state index contributed by atoms with van der Waals surface area (Å²) in [6.07, 6.45) is 7.54. The summed E-state index contributed by atoms with van der Waals surface area (Å²) < 4.78 is 0. The van der Waals surface area contributed by atoms with Crippen molar-refractivity contribution in [2.45, 2.75) is 51.5 Å². The van der Waals surface area contributed by atoms with Crippen LogP contribution in [0.15, 0.2) is 24.3 Å². The summed E-state index contributed by atoms with van der Waals surface area (Å²) in [6.45, 7) is 4.24. The molecule has 21 heavy (non-hydrogen) atoms. The summed E-state index contributed by atoms with van der Waals surface area (Å²) in [5.74, 6) is 0.489. The summed E-state index contributed by atoms with van der Waals surface area (Å²) >= 11 is 6.11. The maximum absolute atomic E-state index is 12.5. The highest BCUT2D eigenvalue weighted by molar-refractivity contribution is 6.30. The fraction of sp³-hybridized carbons (Fsp3) is 0.500. The quantitative estimate of drug-likeness (QED) is 0.805. The molecule has 0 aromatic heterocycles. The van der Waals surface area contributed by atoms with E-state index in [2.05, 4.69) is 19.2 Å². The lowest BCUT2D eigenvalue weighted by Gasteiger charge is -2.21. The third-order valence-electron chi connectivity index (χ3n) is 4.69. The van der Waals surface area contributed by atoms with Crippen LogP contribution in [-0.4, -0.2) is 5.78 Å². The predicted octanol–water partition coefficient (Wildman–Crippen LogP) is 4.67.